The third-order valence-electron chi connectivity index (χ3n) is 6.25. The van der Waals surface area contributed by atoms with Gasteiger partial charge in [-0.3, -0.25) is 9.80 Å². The smallest absolute Gasteiger partial charge is 0.0446 e. The summed E-state index contributed by atoms with van der Waals surface area (Å²) in [5.41, 5.74) is 1.26. The van der Waals surface area contributed by atoms with Gasteiger partial charge >= 0.3 is 0 Å². The van der Waals surface area contributed by atoms with Crippen LogP contribution >= 0.6 is 0 Å². The zero-order valence-corrected chi connectivity index (χ0v) is 17.1. The minimum Gasteiger partial charge on any atom is -0.396 e. The van der Waals surface area contributed by atoms with Crippen LogP contribution in [0.2, 0.25) is 0 Å². The van der Waals surface area contributed by atoms with Crippen LogP contribution in [-0.4, -0.2) is 83.8 Å². The van der Waals surface area contributed by atoms with Crippen LogP contribution in [0.1, 0.15) is 38.7 Å². The predicted octanol–water partition coefficient (Wildman–Crippen LogP) is 2.94. The number of aliphatic hydroxyl groups excluding tert-OH is 1. The Morgan fingerprint density at radius 1 is 1.07 bits per heavy atom. The molecule has 1 N–H and O–H groups in total. The standard InChI is InChI=1S/C23H37N3O/c1-20(2)25-14-10-22(11-15-25)26-17-16-24(19-23(26)12-18-27)13-6-9-21-7-4-3-5-8-21/h3-9,20,22-23,27H,10-19H2,1-2H3/b9-6+/t23-/m1/s1. The van der Waals surface area contributed by atoms with E-state index in [0.29, 0.717) is 24.7 Å². The summed E-state index contributed by atoms with van der Waals surface area (Å²) >= 11 is 0. The first-order valence-corrected chi connectivity index (χ1v) is 10.7. The maximum absolute atomic E-state index is 9.59. The molecule has 0 spiro atoms. The second-order valence-corrected chi connectivity index (χ2v) is 8.34. The molecule has 0 aliphatic carbocycles. The van der Waals surface area contributed by atoms with Gasteiger partial charge in [-0.05, 0) is 51.8 Å². The molecular formula is C23H37N3O. The molecule has 2 fully saturated rings. The highest BCUT2D eigenvalue weighted by molar-refractivity contribution is 5.48. The molecule has 4 nitrogen and oxygen atoms in total. The summed E-state index contributed by atoms with van der Waals surface area (Å²) < 4.78 is 0. The van der Waals surface area contributed by atoms with Crippen molar-refractivity contribution in [3.63, 3.8) is 0 Å². The average molecular weight is 372 g/mol. The van der Waals surface area contributed by atoms with Crippen molar-refractivity contribution in [3.05, 3.63) is 42.0 Å². The van der Waals surface area contributed by atoms with Gasteiger partial charge in [0.2, 0.25) is 0 Å². The van der Waals surface area contributed by atoms with Crippen LogP contribution < -0.4 is 0 Å². The third kappa shape index (κ3) is 5.89. The molecule has 1 aromatic carbocycles. The molecule has 2 heterocycles. The van der Waals surface area contributed by atoms with Gasteiger partial charge in [-0.2, -0.15) is 0 Å². The van der Waals surface area contributed by atoms with Gasteiger partial charge in [0, 0.05) is 50.9 Å². The summed E-state index contributed by atoms with van der Waals surface area (Å²) in [7, 11) is 0. The molecular weight excluding hydrogens is 334 g/mol. The van der Waals surface area contributed by atoms with Crippen molar-refractivity contribution in [1.29, 1.82) is 0 Å². The van der Waals surface area contributed by atoms with Crippen LogP contribution in [0.4, 0.5) is 0 Å². The highest BCUT2D eigenvalue weighted by Gasteiger charge is 2.33. The molecule has 27 heavy (non-hydrogen) atoms. The lowest BCUT2D eigenvalue weighted by atomic mass is 9.97. The van der Waals surface area contributed by atoms with Crippen molar-refractivity contribution in [2.45, 2.75) is 51.2 Å². The fourth-order valence-corrected chi connectivity index (χ4v) is 4.62. The summed E-state index contributed by atoms with van der Waals surface area (Å²) in [6.07, 6.45) is 7.93. The minimum absolute atomic E-state index is 0.291. The molecule has 150 valence electrons. The number of piperidine rings is 1. The van der Waals surface area contributed by atoms with Gasteiger partial charge in [0.25, 0.3) is 0 Å². The van der Waals surface area contributed by atoms with Crippen LogP contribution in [0, 0.1) is 0 Å². The van der Waals surface area contributed by atoms with Crippen LogP contribution in [0.3, 0.4) is 0 Å². The third-order valence-corrected chi connectivity index (χ3v) is 6.25. The van der Waals surface area contributed by atoms with Gasteiger partial charge in [-0.25, -0.2) is 0 Å². The molecule has 0 amide bonds. The number of nitrogens with zero attached hydrogens (tertiary/aromatic N) is 3. The maximum Gasteiger partial charge on any atom is 0.0446 e. The molecule has 1 atom stereocenters. The number of hydrogen-bond donors (Lipinski definition) is 1. The monoisotopic (exact) mass is 371 g/mol. The number of piperazine rings is 1. The van der Waals surface area contributed by atoms with E-state index in [9.17, 15) is 5.11 Å². The zero-order valence-electron chi connectivity index (χ0n) is 17.1. The minimum atomic E-state index is 0.291. The van der Waals surface area contributed by atoms with Crippen molar-refractivity contribution in [1.82, 2.24) is 14.7 Å². The van der Waals surface area contributed by atoms with E-state index in [1.54, 1.807) is 0 Å². The van der Waals surface area contributed by atoms with Gasteiger partial charge in [-0.15, -0.1) is 0 Å². The van der Waals surface area contributed by atoms with Crippen molar-refractivity contribution in [2.75, 3.05) is 45.9 Å². The fraction of sp³-hybridized carbons (Fsp3) is 0.652. The lowest BCUT2D eigenvalue weighted by Gasteiger charge is -2.48. The second-order valence-electron chi connectivity index (χ2n) is 8.34. The quantitative estimate of drug-likeness (QED) is 0.798. The fourth-order valence-electron chi connectivity index (χ4n) is 4.62. The topological polar surface area (TPSA) is 30.0 Å². The Balaban J connectivity index is 1.51. The normalized spacial score (nSPS) is 24.2. The maximum atomic E-state index is 9.59. The number of aliphatic hydroxyl groups is 1. The molecule has 0 saturated carbocycles. The van der Waals surface area contributed by atoms with Crippen LogP contribution in [0.25, 0.3) is 6.08 Å². The molecule has 1 aromatic rings. The molecule has 0 radical (unpaired) electrons. The summed E-state index contributed by atoms with van der Waals surface area (Å²) in [5.74, 6) is 0. The van der Waals surface area contributed by atoms with Crippen molar-refractivity contribution < 1.29 is 5.11 Å². The Kier molecular flexibility index (Phi) is 7.89. The van der Waals surface area contributed by atoms with E-state index in [-0.39, 0.29) is 0 Å². The van der Waals surface area contributed by atoms with Crippen LogP contribution in [-0.2, 0) is 0 Å². The average Bonchev–Trinajstić information content (AvgIpc) is 2.69. The van der Waals surface area contributed by atoms with Crippen molar-refractivity contribution in [3.8, 4) is 0 Å². The first-order valence-electron chi connectivity index (χ1n) is 10.7. The lowest BCUT2D eigenvalue weighted by Crippen LogP contribution is -2.58. The van der Waals surface area contributed by atoms with E-state index in [2.05, 4.69) is 71.0 Å². The van der Waals surface area contributed by atoms with E-state index in [1.807, 2.05) is 0 Å². The Hall–Kier alpha value is -1.20. The van der Waals surface area contributed by atoms with Crippen LogP contribution in [0.15, 0.2) is 36.4 Å². The Morgan fingerprint density at radius 2 is 1.81 bits per heavy atom. The Labute approximate surface area is 165 Å². The molecule has 2 aliphatic rings. The van der Waals surface area contributed by atoms with Gasteiger partial charge < -0.3 is 10.0 Å². The van der Waals surface area contributed by atoms with Gasteiger partial charge in [-0.1, -0.05) is 42.5 Å². The summed E-state index contributed by atoms with van der Waals surface area (Å²) in [5, 5.41) is 9.59. The highest BCUT2D eigenvalue weighted by atomic mass is 16.3. The van der Waals surface area contributed by atoms with Crippen molar-refractivity contribution in [2.24, 2.45) is 0 Å². The highest BCUT2D eigenvalue weighted by Crippen LogP contribution is 2.24. The summed E-state index contributed by atoms with van der Waals surface area (Å²) in [6.45, 7) is 11.7. The number of benzene rings is 1. The molecule has 4 heteroatoms. The Bertz CT molecular complexity index is 566. The van der Waals surface area contributed by atoms with E-state index < -0.39 is 0 Å². The summed E-state index contributed by atoms with van der Waals surface area (Å²) in [6, 6.07) is 12.4. The van der Waals surface area contributed by atoms with Gasteiger partial charge in [0.05, 0.1) is 0 Å². The SMILES string of the molecule is CC(C)N1CCC(N2CCN(C/C=C/c3ccccc3)C[C@H]2CCO)CC1. The van der Waals surface area contributed by atoms with Crippen molar-refractivity contribution >= 4 is 6.08 Å². The lowest BCUT2D eigenvalue weighted by molar-refractivity contribution is 0.00552. The number of hydrogen-bond acceptors (Lipinski definition) is 4. The molecule has 2 saturated heterocycles. The number of likely N-dealkylation sites (tertiary alicyclic amines) is 1. The molecule has 2 aliphatic heterocycles. The van der Waals surface area contributed by atoms with E-state index >= 15 is 0 Å². The van der Waals surface area contributed by atoms with Gasteiger partial charge in [0.15, 0.2) is 0 Å². The largest absolute Gasteiger partial charge is 0.396 e. The summed E-state index contributed by atoms with van der Waals surface area (Å²) in [4.78, 5) is 7.85. The second kappa shape index (κ2) is 10.4. The first-order chi connectivity index (χ1) is 13.2. The molecule has 0 aromatic heterocycles. The van der Waals surface area contributed by atoms with E-state index in [0.717, 1.165) is 32.6 Å². The van der Waals surface area contributed by atoms with Gasteiger partial charge in [0.1, 0.15) is 0 Å². The van der Waals surface area contributed by atoms with Crippen LogP contribution in [0.5, 0.6) is 0 Å². The Morgan fingerprint density at radius 3 is 2.48 bits per heavy atom. The van der Waals surface area contributed by atoms with E-state index in [1.165, 1.54) is 31.5 Å². The first kappa shape index (κ1) is 20.5. The number of rotatable bonds is 7. The zero-order chi connectivity index (χ0) is 19.1. The molecule has 3 rings (SSSR count). The molecule has 0 bridgehead atoms. The van der Waals surface area contributed by atoms with E-state index in [4.69, 9.17) is 0 Å². The predicted molar refractivity (Wildman–Crippen MR) is 114 cm³/mol. The molecule has 0 unspecified atom stereocenters.